The fraction of sp³-hybridized carbons (Fsp3) is 0.385. The molecule has 1 N–H and O–H groups in total. The van der Waals surface area contributed by atoms with Gasteiger partial charge in [0.2, 0.25) is 0 Å². The number of ether oxygens (including phenoxy) is 1. The topological polar surface area (TPSA) is 62.1 Å². The molecular weight excluding hydrogens is 235 g/mol. The molecule has 0 radical (unpaired) electrons. The minimum atomic E-state index is -0.507. The summed E-state index contributed by atoms with van der Waals surface area (Å²) in [6.45, 7) is 0. The molecule has 1 saturated heterocycles. The van der Waals surface area contributed by atoms with Crippen LogP contribution in [0.2, 0.25) is 0 Å². The van der Waals surface area contributed by atoms with Gasteiger partial charge in [0.25, 0.3) is 0 Å². The van der Waals surface area contributed by atoms with Crippen molar-refractivity contribution in [2.24, 2.45) is 5.92 Å². The second-order valence-corrected chi connectivity index (χ2v) is 4.25. The van der Waals surface area contributed by atoms with Crippen LogP contribution in [0, 0.1) is 23.1 Å². The Morgan fingerprint density at radius 3 is 3.00 bits per heavy atom. The van der Waals surface area contributed by atoms with Crippen LogP contribution in [0.1, 0.15) is 18.0 Å². The Hall–Kier alpha value is -1.93. The third kappa shape index (κ3) is 2.34. The van der Waals surface area contributed by atoms with Crippen LogP contribution in [0.5, 0.6) is 0 Å². The minimum Gasteiger partial charge on any atom is -0.468 e. The Bertz CT molecular complexity index is 498. The van der Waals surface area contributed by atoms with E-state index in [2.05, 4.69) is 16.1 Å². The highest BCUT2D eigenvalue weighted by molar-refractivity contribution is 5.76. The molecule has 1 fully saturated rings. The van der Waals surface area contributed by atoms with Gasteiger partial charge in [0.1, 0.15) is 11.9 Å². The zero-order chi connectivity index (χ0) is 13.1. The summed E-state index contributed by atoms with van der Waals surface area (Å²) in [6.07, 6.45) is 0.379. The third-order valence-corrected chi connectivity index (χ3v) is 3.13. The van der Waals surface area contributed by atoms with E-state index in [0.29, 0.717) is 12.0 Å². The van der Waals surface area contributed by atoms with Gasteiger partial charge in [0.15, 0.2) is 0 Å². The van der Waals surface area contributed by atoms with Crippen molar-refractivity contribution in [1.82, 2.24) is 5.32 Å². The quantitative estimate of drug-likeness (QED) is 0.806. The fourth-order valence-corrected chi connectivity index (χ4v) is 2.25. The summed E-state index contributed by atoms with van der Waals surface area (Å²) in [5.41, 5.74) is 0.674. The van der Waals surface area contributed by atoms with Crippen molar-refractivity contribution in [3.05, 3.63) is 35.6 Å². The third-order valence-electron chi connectivity index (χ3n) is 3.13. The van der Waals surface area contributed by atoms with Gasteiger partial charge in [-0.2, -0.15) is 5.26 Å². The summed E-state index contributed by atoms with van der Waals surface area (Å²) in [4.78, 5) is 11.5. The molecule has 0 spiro atoms. The Kier molecular flexibility index (Phi) is 3.58. The first-order valence-electron chi connectivity index (χ1n) is 5.64. The van der Waals surface area contributed by atoms with E-state index in [1.807, 2.05) is 0 Å². The molecule has 0 aliphatic carbocycles. The van der Waals surface area contributed by atoms with Crippen LogP contribution in [0.25, 0.3) is 0 Å². The van der Waals surface area contributed by atoms with Crippen molar-refractivity contribution >= 4 is 5.97 Å². The number of carbonyl (C=O) groups is 1. The second-order valence-electron chi connectivity index (χ2n) is 4.25. The van der Waals surface area contributed by atoms with Crippen LogP contribution in [-0.4, -0.2) is 19.1 Å². The Labute approximate surface area is 104 Å². The molecule has 4 nitrogen and oxygen atoms in total. The largest absolute Gasteiger partial charge is 0.468 e. The SMILES string of the molecule is COC(=O)[C@@H]1C[C@H](C#N)[C@H](c2cccc(F)c2)N1. The minimum absolute atomic E-state index is 0.338. The van der Waals surface area contributed by atoms with E-state index in [1.54, 1.807) is 12.1 Å². The molecule has 1 aliphatic heterocycles. The Morgan fingerprint density at radius 1 is 1.61 bits per heavy atom. The standard InChI is InChI=1S/C13H13FN2O2/c1-18-13(17)11-6-9(7-15)12(16-11)8-3-2-4-10(14)5-8/h2-5,9,11-12,16H,6H2,1H3/t9-,11+,12+/m1/s1. The number of nitriles is 1. The molecular formula is C13H13FN2O2. The van der Waals surface area contributed by atoms with E-state index in [-0.39, 0.29) is 17.8 Å². The van der Waals surface area contributed by atoms with Crippen molar-refractivity contribution in [3.63, 3.8) is 0 Å². The van der Waals surface area contributed by atoms with E-state index in [9.17, 15) is 9.18 Å². The van der Waals surface area contributed by atoms with E-state index in [4.69, 9.17) is 5.26 Å². The Balaban J connectivity index is 2.23. The normalized spacial score (nSPS) is 26.6. The maximum absolute atomic E-state index is 13.2. The van der Waals surface area contributed by atoms with E-state index in [0.717, 1.165) is 0 Å². The number of methoxy groups -OCH3 is 1. The van der Waals surface area contributed by atoms with Gasteiger partial charge in [-0.05, 0) is 24.1 Å². The second kappa shape index (κ2) is 5.15. The fourth-order valence-electron chi connectivity index (χ4n) is 2.25. The van der Waals surface area contributed by atoms with Crippen molar-refractivity contribution in [1.29, 1.82) is 5.26 Å². The number of halogens is 1. The van der Waals surface area contributed by atoms with E-state index < -0.39 is 12.0 Å². The highest BCUT2D eigenvalue weighted by Crippen LogP contribution is 2.32. The maximum Gasteiger partial charge on any atom is 0.322 e. The molecule has 1 heterocycles. The van der Waals surface area contributed by atoms with E-state index in [1.165, 1.54) is 19.2 Å². The average Bonchev–Trinajstić information content (AvgIpc) is 2.82. The van der Waals surface area contributed by atoms with Gasteiger partial charge in [-0.15, -0.1) is 0 Å². The molecule has 94 valence electrons. The molecule has 3 atom stereocenters. The predicted molar refractivity (Wildman–Crippen MR) is 61.8 cm³/mol. The molecule has 0 bridgehead atoms. The highest BCUT2D eigenvalue weighted by atomic mass is 19.1. The molecule has 2 rings (SSSR count). The summed E-state index contributed by atoms with van der Waals surface area (Å²) >= 11 is 0. The van der Waals surface area contributed by atoms with Gasteiger partial charge >= 0.3 is 5.97 Å². The number of nitrogens with zero attached hydrogens (tertiary/aromatic N) is 1. The lowest BCUT2D eigenvalue weighted by atomic mass is 9.95. The summed E-state index contributed by atoms with van der Waals surface area (Å²) in [7, 11) is 1.31. The van der Waals surface area contributed by atoms with Crippen molar-refractivity contribution < 1.29 is 13.9 Å². The molecule has 0 amide bonds. The maximum atomic E-state index is 13.2. The van der Waals surface area contributed by atoms with Crippen LogP contribution < -0.4 is 5.32 Å². The van der Waals surface area contributed by atoms with Crippen LogP contribution in [0.15, 0.2) is 24.3 Å². The number of nitrogens with one attached hydrogen (secondary N) is 1. The summed E-state index contributed by atoms with van der Waals surface area (Å²) in [5.74, 6) is -1.11. The van der Waals surface area contributed by atoms with Crippen LogP contribution in [0.3, 0.4) is 0 Å². The van der Waals surface area contributed by atoms with Gasteiger partial charge in [-0.3, -0.25) is 10.1 Å². The average molecular weight is 248 g/mol. The number of rotatable bonds is 2. The summed E-state index contributed by atoms with van der Waals surface area (Å²) in [6, 6.07) is 7.36. The first-order valence-corrected chi connectivity index (χ1v) is 5.64. The number of hydrogen-bond donors (Lipinski definition) is 1. The monoisotopic (exact) mass is 248 g/mol. The zero-order valence-electron chi connectivity index (χ0n) is 9.89. The molecule has 18 heavy (non-hydrogen) atoms. The van der Waals surface area contributed by atoms with Crippen molar-refractivity contribution in [3.8, 4) is 6.07 Å². The van der Waals surface area contributed by atoms with E-state index >= 15 is 0 Å². The highest BCUT2D eigenvalue weighted by Gasteiger charge is 2.38. The number of esters is 1. The van der Waals surface area contributed by atoms with Gasteiger partial charge in [-0.1, -0.05) is 12.1 Å². The van der Waals surface area contributed by atoms with Gasteiger partial charge in [0, 0.05) is 6.04 Å². The van der Waals surface area contributed by atoms with Crippen molar-refractivity contribution in [2.45, 2.75) is 18.5 Å². The molecule has 5 heteroatoms. The van der Waals surface area contributed by atoms with Gasteiger partial charge < -0.3 is 4.74 Å². The molecule has 0 aromatic heterocycles. The number of hydrogen-bond acceptors (Lipinski definition) is 4. The van der Waals surface area contributed by atoms with Crippen LogP contribution in [-0.2, 0) is 9.53 Å². The predicted octanol–water partition coefficient (Wildman–Crippen LogP) is 1.54. The summed E-state index contributed by atoms with van der Waals surface area (Å²) in [5, 5.41) is 12.1. The number of carbonyl (C=O) groups excluding carboxylic acids is 1. The van der Waals surface area contributed by atoms with Gasteiger partial charge in [0.05, 0.1) is 19.1 Å². The van der Waals surface area contributed by atoms with Crippen LogP contribution in [0.4, 0.5) is 4.39 Å². The lowest BCUT2D eigenvalue weighted by Crippen LogP contribution is -2.33. The first-order chi connectivity index (χ1) is 8.65. The number of benzene rings is 1. The summed E-state index contributed by atoms with van der Waals surface area (Å²) < 4.78 is 17.8. The van der Waals surface area contributed by atoms with Crippen LogP contribution >= 0.6 is 0 Å². The molecule has 0 saturated carbocycles. The lowest BCUT2D eigenvalue weighted by molar-refractivity contribution is -0.142. The molecule has 1 aromatic carbocycles. The zero-order valence-corrected chi connectivity index (χ0v) is 9.89. The van der Waals surface area contributed by atoms with Crippen molar-refractivity contribution in [2.75, 3.05) is 7.11 Å². The van der Waals surface area contributed by atoms with Gasteiger partial charge in [-0.25, -0.2) is 4.39 Å². The molecule has 1 aromatic rings. The molecule has 0 unspecified atom stereocenters. The smallest absolute Gasteiger partial charge is 0.322 e. The first kappa shape index (κ1) is 12.5. The Morgan fingerprint density at radius 2 is 2.39 bits per heavy atom. The molecule has 1 aliphatic rings. The lowest BCUT2D eigenvalue weighted by Gasteiger charge is -2.15.